The van der Waals surface area contributed by atoms with Crippen LogP contribution < -0.4 is 10.4 Å². The summed E-state index contributed by atoms with van der Waals surface area (Å²) in [6.45, 7) is 1.82. The lowest BCUT2D eigenvalue weighted by Gasteiger charge is -2.30. The third-order valence-corrected chi connectivity index (χ3v) is 6.75. The highest BCUT2D eigenvalue weighted by atomic mass is 35.5. The van der Waals surface area contributed by atoms with Crippen LogP contribution in [0.15, 0.2) is 60.8 Å². The average Bonchev–Trinajstić information content (AvgIpc) is 3.43. The third-order valence-electron chi connectivity index (χ3n) is 6.48. The van der Waals surface area contributed by atoms with E-state index in [9.17, 15) is 10.1 Å². The standard InChI is InChI=1S/C28H31ClN6O/c1-34(17-7-10-21-8-3-2-4-9-21)20-22-13-15-23(16-14-22)28(36)33-35(24-11-5-6-12-24)27-25(29)19-31-26(18-30)32-27/h2-4,8-9,13-16,19,24H,5-7,10-12,17,20H2,1H3,(H,33,36). The van der Waals surface area contributed by atoms with Gasteiger partial charge in [0.1, 0.15) is 11.1 Å². The van der Waals surface area contributed by atoms with Gasteiger partial charge in [0.05, 0.1) is 12.2 Å². The number of hydrazine groups is 1. The first-order valence-corrected chi connectivity index (χ1v) is 12.8. The Bertz CT molecular complexity index is 1190. The number of hydrogen-bond donors (Lipinski definition) is 1. The molecule has 1 heterocycles. The number of amides is 1. The van der Waals surface area contributed by atoms with E-state index in [4.69, 9.17) is 11.6 Å². The number of rotatable bonds is 10. The van der Waals surface area contributed by atoms with Gasteiger partial charge in [0.15, 0.2) is 5.82 Å². The number of anilines is 1. The highest BCUT2D eigenvalue weighted by molar-refractivity contribution is 6.32. The highest BCUT2D eigenvalue weighted by Gasteiger charge is 2.28. The van der Waals surface area contributed by atoms with Crippen LogP contribution in [0.1, 0.15) is 59.4 Å². The maximum absolute atomic E-state index is 13.1. The molecule has 0 saturated heterocycles. The molecule has 7 nitrogen and oxygen atoms in total. The average molecular weight is 503 g/mol. The predicted octanol–water partition coefficient (Wildman–Crippen LogP) is 5.16. The number of nitriles is 1. The summed E-state index contributed by atoms with van der Waals surface area (Å²) in [6.07, 6.45) is 7.53. The van der Waals surface area contributed by atoms with Crippen molar-refractivity contribution in [2.75, 3.05) is 18.6 Å². The van der Waals surface area contributed by atoms with E-state index in [1.54, 1.807) is 5.01 Å². The predicted molar refractivity (Wildman–Crippen MR) is 141 cm³/mol. The van der Waals surface area contributed by atoms with Crippen molar-refractivity contribution in [1.82, 2.24) is 20.3 Å². The van der Waals surface area contributed by atoms with Crippen LogP contribution in [0.2, 0.25) is 5.02 Å². The van der Waals surface area contributed by atoms with Gasteiger partial charge in [-0.05, 0) is 62.5 Å². The molecule has 0 atom stereocenters. The minimum atomic E-state index is -0.238. The van der Waals surface area contributed by atoms with E-state index in [-0.39, 0.29) is 17.8 Å². The van der Waals surface area contributed by atoms with E-state index >= 15 is 0 Å². The normalized spacial score (nSPS) is 13.5. The molecule has 0 bridgehead atoms. The Morgan fingerprint density at radius 3 is 2.53 bits per heavy atom. The third kappa shape index (κ3) is 6.81. The zero-order valence-electron chi connectivity index (χ0n) is 20.5. The Kier molecular flexibility index (Phi) is 8.88. The minimum absolute atomic E-state index is 0.0175. The van der Waals surface area contributed by atoms with Gasteiger partial charge in [-0.3, -0.25) is 15.2 Å². The van der Waals surface area contributed by atoms with Crippen LogP contribution in [-0.2, 0) is 13.0 Å². The smallest absolute Gasteiger partial charge is 0.269 e. The van der Waals surface area contributed by atoms with Crippen LogP contribution in [0.25, 0.3) is 0 Å². The van der Waals surface area contributed by atoms with Crippen molar-refractivity contribution < 1.29 is 4.79 Å². The van der Waals surface area contributed by atoms with Gasteiger partial charge in [0.25, 0.3) is 5.91 Å². The van der Waals surface area contributed by atoms with Gasteiger partial charge in [-0.2, -0.15) is 10.2 Å². The molecular formula is C28H31ClN6O. The number of carbonyl (C=O) groups is 1. The monoisotopic (exact) mass is 502 g/mol. The van der Waals surface area contributed by atoms with E-state index < -0.39 is 0 Å². The summed E-state index contributed by atoms with van der Waals surface area (Å²) < 4.78 is 0. The molecular weight excluding hydrogens is 472 g/mol. The Labute approximate surface area is 217 Å². The maximum atomic E-state index is 13.1. The van der Waals surface area contributed by atoms with Gasteiger partial charge in [-0.15, -0.1) is 0 Å². The molecule has 4 rings (SSSR count). The lowest BCUT2D eigenvalue weighted by molar-refractivity contribution is 0.0944. The molecule has 1 N–H and O–H groups in total. The van der Waals surface area contributed by atoms with E-state index in [2.05, 4.69) is 51.6 Å². The highest BCUT2D eigenvalue weighted by Crippen LogP contribution is 2.30. The second-order valence-corrected chi connectivity index (χ2v) is 9.66. The lowest BCUT2D eigenvalue weighted by Crippen LogP contribution is -2.48. The minimum Gasteiger partial charge on any atom is -0.302 e. The fraction of sp³-hybridized carbons (Fsp3) is 0.357. The summed E-state index contributed by atoms with van der Waals surface area (Å²) in [5, 5.41) is 11.2. The molecule has 1 aliphatic carbocycles. The molecule has 3 aromatic rings. The molecule has 36 heavy (non-hydrogen) atoms. The van der Waals surface area contributed by atoms with E-state index in [0.717, 1.165) is 57.2 Å². The van der Waals surface area contributed by atoms with Crippen molar-refractivity contribution in [1.29, 1.82) is 5.26 Å². The molecule has 1 fully saturated rings. The molecule has 1 amide bonds. The summed E-state index contributed by atoms with van der Waals surface area (Å²) in [5.74, 6) is 0.138. The molecule has 0 unspecified atom stereocenters. The summed E-state index contributed by atoms with van der Waals surface area (Å²) in [5.41, 5.74) is 6.05. The van der Waals surface area contributed by atoms with Crippen molar-refractivity contribution in [3.05, 3.63) is 88.3 Å². The lowest BCUT2D eigenvalue weighted by atomic mass is 10.1. The number of benzene rings is 2. The zero-order valence-corrected chi connectivity index (χ0v) is 21.3. The van der Waals surface area contributed by atoms with Crippen molar-refractivity contribution in [2.24, 2.45) is 0 Å². The van der Waals surface area contributed by atoms with E-state index in [1.165, 1.54) is 11.8 Å². The molecule has 8 heteroatoms. The van der Waals surface area contributed by atoms with Crippen LogP contribution in [0.3, 0.4) is 0 Å². The SMILES string of the molecule is CN(CCCc1ccccc1)Cc1ccc(C(=O)NN(c2nc(C#N)ncc2Cl)C2CCCC2)cc1. The Hall–Kier alpha value is -3.47. The van der Waals surface area contributed by atoms with Crippen LogP contribution in [0.5, 0.6) is 0 Å². The van der Waals surface area contributed by atoms with E-state index in [0.29, 0.717) is 16.4 Å². The van der Waals surface area contributed by atoms with Crippen molar-refractivity contribution in [2.45, 2.75) is 51.1 Å². The number of nitrogens with zero attached hydrogens (tertiary/aromatic N) is 5. The Morgan fingerprint density at radius 1 is 1.11 bits per heavy atom. The molecule has 0 radical (unpaired) electrons. The van der Waals surface area contributed by atoms with Gasteiger partial charge in [0.2, 0.25) is 5.82 Å². The van der Waals surface area contributed by atoms with Gasteiger partial charge < -0.3 is 4.90 Å². The van der Waals surface area contributed by atoms with Crippen LogP contribution in [0, 0.1) is 11.3 Å². The molecule has 0 spiro atoms. The molecule has 186 valence electrons. The number of aryl methyl sites for hydroxylation is 1. The topological polar surface area (TPSA) is 85.2 Å². The van der Waals surface area contributed by atoms with E-state index in [1.807, 2.05) is 36.4 Å². The second kappa shape index (κ2) is 12.5. The number of nitrogens with one attached hydrogen (secondary N) is 1. The first-order chi connectivity index (χ1) is 17.5. The zero-order chi connectivity index (χ0) is 25.3. The quantitative estimate of drug-likeness (QED) is 0.385. The van der Waals surface area contributed by atoms with Gasteiger partial charge in [0, 0.05) is 12.1 Å². The number of carbonyl (C=O) groups excluding carboxylic acids is 1. The van der Waals surface area contributed by atoms with Crippen molar-refractivity contribution >= 4 is 23.3 Å². The Morgan fingerprint density at radius 2 is 1.83 bits per heavy atom. The first-order valence-electron chi connectivity index (χ1n) is 12.4. The second-order valence-electron chi connectivity index (χ2n) is 9.25. The summed E-state index contributed by atoms with van der Waals surface area (Å²) >= 11 is 6.36. The summed E-state index contributed by atoms with van der Waals surface area (Å²) in [6, 6.07) is 20.2. The first kappa shape index (κ1) is 25.6. The Balaban J connectivity index is 1.37. The molecule has 1 aromatic heterocycles. The van der Waals surface area contributed by atoms with Gasteiger partial charge >= 0.3 is 0 Å². The maximum Gasteiger partial charge on any atom is 0.269 e. The van der Waals surface area contributed by atoms with Gasteiger partial charge in [-0.1, -0.05) is 66.9 Å². The number of aromatic nitrogens is 2. The summed E-state index contributed by atoms with van der Waals surface area (Å²) in [4.78, 5) is 23.6. The van der Waals surface area contributed by atoms with Crippen LogP contribution in [-0.4, -0.2) is 40.4 Å². The van der Waals surface area contributed by atoms with Crippen LogP contribution >= 0.6 is 11.6 Å². The largest absolute Gasteiger partial charge is 0.302 e. The van der Waals surface area contributed by atoms with Crippen molar-refractivity contribution in [3.63, 3.8) is 0 Å². The molecule has 0 aliphatic heterocycles. The number of halogens is 1. The van der Waals surface area contributed by atoms with Crippen molar-refractivity contribution in [3.8, 4) is 6.07 Å². The number of hydrogen-bond acceptors (Lipinski definition) is 6. The van der Waals surface area contributed by atoms with Crippen LogP contribution in [0.4, 0.5) is 5.82 Å². The molecule has 1 aliphatic rings. The molecule has 1 saturated carbocycles. The fourth-order valence-electron chi connectivity index (χ4n) is 4.58. The van der Waals surface area contributed by atoms with Gasteiger partial charge in [-0.25, -0.2) is 4.98 Å². The fourth-order valence-corrected chi connectivity index (χ4v) is 4.77. The molecule has 2 aromatic carbocycles. The summed E-state index contributed by atoms with van der Waals surface area (Å²) in [7, 11) is 2.12.